The monoisotopic (exact) mass is 309 g/mol. The van der Waals surface area contributed by atoms with E-state index >= 15 is 0 Å². The Labute approximate surface area is 137 Å². The Hall–Kier alpha value is -2.33. The number of hydrogen-bond acceptors (Lipinski definition) is 4. The van der Waals surface area contributed by atoms with Crippen molar-refractivity contribution in [2.45, 2.75) is 13.5 Å². The molecule has 23 heavy (non-hydrogen) atoms. The number of phenols is 1. The lowest BCUT2D eigenvalue weighted by atomic mass is 10.1. The second-order valence-electron chi connectivity index (χ2n) is 6.05. The van der Waals surface area contributed by atoms with Crippen LogP contribution < -0.4 is 0 Å². The Kier molecular flexibility index (Phi) is 4.93. The minimum atomic E-state index is 0.275. The summed E-state index contributed by atoms with van der Waals surface area (Å²) in [6, 6.07) is 15.9. The maximum absolute atomic E-state index is 9.46. The lowest BCUT2D eigenvalue weighted by Gasteiger charge is -2.33. The van der Waals surface area contributed by atoms with Crippen molar-refractivity contribution in [1.29, 1.82) is 0 Å². The van der Waals surface area contributed by atoms with Gasteiger partial charge in [0.15, 0.2) is 0 Å². The maximum Gasteiger partial charge on any atom is 0.116 e. The van der Waals surface area contributed by atoms with Crippen molar-refractivity contribution in [1.82, 2.24) is 9.91 Å². The second-order valence-corrected chi connectivity index (χ2v) is 6.05. The third kappa shape index (κ3) is 4.57. The summed E-state index contributed by atoms with van der Waals surface area (Å²) >= 11 is 0. The first-order valence-corrected chi connectivity index (χ1v) is 8.05. The van der Waals surface area contributed by atoms with E-state index in [2.05, 4.69) is 46.2 Å². The van der Waals surface area contributed by atoms with Crippen LogP contribution in [0.25, 0.3) is 0 Å². The van der Waals surface area contributed by atoms with Gasteiger partial charge in [0.25, 0.3) is 0 Å². The number of nitrogens with zero attached hydrogens (tertiary/aromatic N) is 3. The third-order valence-corrected chi connectivity index (χ3v) is 4.12. The molecule has 0 atom stereocenters. The van der Waals surface area contributed by atoms with Gasteiger partial charge in [-0.1, -0.05) is 42.0 Å². The van der Waals surface area contributed by atoms with Gasteiger partial charge in [-0.2, -0.15) is 5.10 Å². The minimum Gasteiger partial charge on any atom is -0.508 e. The molecule has 3 rings (SSSR count). The summed E-state index contributed by atoms with van der Waals surface area (Å²) in [5.74, 6) is 0.275. The van der Waals surface area contributed by atoms with Gasteiger partial charge in [0.1, 0.15) is 5.75 Å². The lowest BCUT2D eigenvalue weighted by molar-refractivity contribution is 0.131. The van der Waals surface area contributed by atoms with Gasteiger partial charge in [-0.15, -0.1) is 0 Å². The zero-order valence-corrected chi connectivity index (χ0v) is 13.5. The molecule has 120 valence electrons. The summed E-state index contributed by atoms with van der Waals surface area (Å²) < 4.78 is 0. The highest BCUT2D eigenvalue weighted by atomic mass is 16.3. The number of aromatic hydroxyl groups is 1. The topological polar surface area (TPSA) is 39.1 Å². The third-order valence-electron chi connectivity index (χ3n) is 4.12. The number of rotatable bonds is 4. The number of hydrazone groups is 1. The normalized spacial score (nSPS) is 16.1. The van der Waals surface area contributed by atoms with Crippen molar-refractivity contribution in [3.8, 4) is 5.75 Å². The highest BCUT2D eigenvalue weighted by Gasteiger charge is 2.15. The summed E-state index contributed by atoms with van der Waals surface area (Å²) in [4.78, 5) is 2.46. The molecule has 1 aliphatic rings. The second kappa shape index (κ2) is 7.29. The van der Waals surface area contributed by atoms with Gasteiger partial charge in [0.2, 0.25) is 0 Å². The number of piperazine rings is 1. The summed E-state index contributed by atoms with van der Waals surface area (Å²) in [5, 5.41) is 16.1. The molecule has 2 aromatic rings. The summed E-state index contributed by atoms with van der Waals surface area (Å²) in [5.41, 5.74) is 3.60. The van der Waals surface area contributed by atoms with Crippen LogP contribution >= 0.6 is 0 Å². The highest BCUT2D eigenvalue weighted by Crippen LogP contribution is 2.11. The molecule has 0 aliphatic carbocycles. The van der Waals surface area contributed by atoms with Crippen LogP contribution in [0.4, 0.5) is 0 Å². The first-order chi connectivity index (χ1) is 11.2. The summed E-state index contributed by atoms with van der Waals surface area (Å²) in [6.07, 6.45) is 1.81. The molecule has 1 heterocycles. The van der Waals surface area contributed by atoms with Gasteiger partial charge in [0, 0.05) is 32.7 Å². The molecular weight excluding hydrogens is 286 g/mol. The summed E-state index contributed by atoms with van der Waals surface area (Å²) in [7, 11) is 0. The van der Waals surface area contributed by atoms with E-state index in [1.54, 1.807) is 12.1 Å². The molecule has 0 aromatic heterocycles. The molecule has 0 unspecified atom stereocenters. The molecule has 4 heteroatoms. The van der Waals surface area contributed by atoms with Gasteiger partial charge >= 0.3 is 0 Å². The fourth-order valence-corrected chi connectivity index (χ4v) is 2.72. The van der Waals surface area contributed by atoms with Gasteiger partial charge in [-0.25, -0.2) is 0 Å². The number of phenolic OH excluding ortho intramolecular Hbond substituents is 1. The predicted octanol–water partition coefficient (Wildman–Crippen LogP) is 2.85. The molecule has 2 aromatic carbocycles. The first-order valence-electron chi connectivity index (χ1n) is 8.05. The Morgan fingerprint density at radius 2 is 1.78 bits per heavy atom. The molecule has 0 amide bonds. The van der Waals surface area contributed by atoms with Crippen LogP contribution in [0.3, 0.4) is 0 Å². The van der Waals surface area contributed by atoms with Crippen LogP contribution in [0, 0.1) is 6.92 Å². The van der Waals surface area contributed by atoms with Crippen LogP contribution in [0.1, 0.15) is 16.7 Å². The molecule has 0 bridgehead atoms. The molecule has 1 saturated heterocycles. The maximum atomic E-state index is 9.46. The van der Waals surface area contributed by atoms with E-state index in [-0.39, 0.29) is 5.75 Å². The van der Waals surface area contributed by atoms with E-state index in [4.69, 9.17) is 0 Å². The van der Waals surface area contributed by atoms with Crippen LogP contribution in [-0.2, 0) is 6.54 Å². The van der Waals surface area contributed by atoms with Crippen molar-refractivity contribution >= 4 is 6.21 Å². The number of aryl methyl sites for hydroxylation is 1. The number of benzene rings is 2. The van der Waals surface area contributed by atoms with Crippen LogP contribution in [0.2, 0.25) is 0 Å². The average molecular weight is 309 g/mol. The van der Waals surface area contributed by atoms with E-state index < -0.39 is 0 Å². The van der Waals surface area contributed by atoms with Crippen molar-refractivity contribution in [3.05, 3.63) is 65.2 Å². The smallest absolute Gasteiger partial charge is 0.116 e. The number of hydrogen-bond donors (Lipinski definition) is 1. The van der Waals surface area contributed by atoms with Gasteiger partial charge in [-0.3, -0.25) is 9.91 Å². The predicted molar refractivity (Wildman–Crippen MR) is 93.7 cm³/mol. The average Bonchev–Trinajstić information content (AvgIpc) is 2.56. The zero-order valence-electron chi connectivity index (χ0n) is 13.5. The van der Waals surface area contributed by atoms with Crippen LogP contribution in [-0.4, -0.2) is 47.4 Å². The molecule has 1 N–H and O–H groups in total. The molecule has 0 spiro atoms. The Bertz CT molecular complexity index is 659. The lowest BCUT2D eigenvalue weighted by Crippen LogP contribution is -2.43. The van der Waals surface area contributed by atoms with Crippen molar-refractivity contribution in [2.24, 2.45) is 5.10 Å². The van der Waals surface area contributed by atoms with Gasteiger partial charge < -0.3 is 5.11 Å². The Balaban J connectivity index is 1.49. The summed E-state index contributed by atoms with van der Waals surface area (Å²) in [6.45, 7) is 7.02. The quantitative estimate of drug-likeness (QED) is 0.883. The molecular formula is C19H23N3O. The first kappa shape index (κ1) is 15.6. The van der Waals surface area contributed by atoms with Crippen LogP contribution in [0.5, 0.6) is 5.75 Å². The fraction of sp³-hybridized carbons (Fsp3) is 0.316. The molecule has 1 aliphatic heterocycles. The Morgan fingerprint density at radius 1 is 1.04 bits per heavy atom. The standard InChI is InChI=1S/C19H23N3O/c1-16-5-7-17(8-6-16)15-21-9-11-22(12-10-21)20-14-18-3-2-4-19(23)13-18/h2-8,13-14,23H,9-12,15H2,1H3/b20-14+. The highest BCUT2D eigenvalue weighted by molar-refractivity contribution is 5.79. The molecule has 4 nitrogen and oxygen atoms in total. The largest absolute Gasteiger partial charge is 0.508 e. The van der Waals surface area contributed by atoms with Crippen molar-refractivity contribution < 1.29 is 5.11 Å². The van der Waals surface area contributed by atoms with Crippen LogP contribution in [0.15, 0.2) is 53.6 Å². The van der Waals surface area contributed by atoms with Crippen molar-refractivity contribution in [3.63, 3.8) is 0 Å². The van der Waals surface area contributed by atoms with Crippen molar-refractivity contribution in [2.75, 3.05) is 26.2 Å². The fourth-order valence-electron chi connectivity index (χ4n) is 2.72. The zero-order chi connectivity index (χ0) is 16.1. The van der Waals surface area contributed by atoms with E-state index in [0.29, 0.717) is 0 Å². The molecule has 0 saturated carbocycles. The van der Waals surface area contributed by atoms with E-state index in [1.807, 2.05) is 18.3 Å². The molecule has 1 fully saturated rings. The van der Waals surface area contributed by atoms with Gasteiger partial charge in [0.05, 0.1) is 6.21 Å². The molecule has 0 radical (unpaired) electrons. The Morgan fingerprint density at radius 3 is 2.48 bits per heavy atom. The minimum absolute atomic E-state index is 0.275. The van der Waals surface area contributed by atoms with E-state index in [1.165, 1.54) is 11.1 Å². The van der Waals surface area contributed by atoms with Gasteiger partial charge in [-0.05, 0) is 30.2 Å². The SMILES string of the molecule is Cc1ccc(CN2CCN(/N=C/c3cccc(O)c3)CC2)cc1. The van der Waals surface area contributed by atoms with E-state index in [9.17, 15) is 5.11 Å². The van der Waals surface area contributed by atoms with E-state index in [0.717, 1.165) is 38.3 Å².